The zero-order valence-electron chi connectivity index (χ0n) is 9.83. The molecule has 1 aromatic carbocycles. The van der Waals surface area contributed by atoms with Gasteiger partial charge in [-0.25, -0.2) is 0 Å². The van der Waals surface area contributed by atoms with Crippen molar-refractivity contribution in [3.05, 3.63) is 35.0 Å². The summed E-state index contributed by atoms with van der Waals surface area (Å²) in [6.07, 6.45) is 0. The van der Waals surface area contributed by atoms with E-state index in [2.05, 4.69) is 36.5 Å². The maximum atomic E-state index is 9.20. The third-order valence-electron chi connectivity index (χ3n) is 2.92. The minimum absolute atomic E-state index is 0.726. The molecule has 0 fully saturated rings. The number of aromatic nitrogens is 1. The summed E-state index contributed by atoms with van der Waals surface area (Å²) in [7, 11) is 3.84. The normalized spacial score (nSPS) is 10.6. The summed E-state index contributed by atoms with van der Waals surface area (Å²) in [5.74, 6) is 0. The highest BCUT2D eigenvalue weighted by Crippen LogP contribution is 2.25. The van der Waals surface area contributed by atoms with Gasteiger partial charge in [0.15, 0.2) is 0 Å². The predicted molar refractivity (Wildman–Crippen MR) is 65.1 cm³/mol. The first kappa shape index (κ1) is 10.7. The summed E-state index contributed by atoms with van der Waals surface area (Å²) in [5.41, 5.74) is 4.17. The summed E-state index contributed by atoms with van der Waals surface area (Å²) in [6, 6.07) is 8.57. The Hall–Kier alpha value is -1.79. The molecule has 0 aliphatic rings. The minimum Gasteiger partial charge on any atom is -0.335 e. The third kappa shape index (κ3) is 1.48. The Labute approximate surface area is 95.3 Å². The van der Waals surface area contributed by atoms with Crippen LogP contribution in [0.1, 0.15) is 16.8 Å². The van der Waals surface area contributed by atoms with Gasteiger partial charge in [-0.3, -0.25) is 0 Å². The smallest absolute Gasteiger partial charge is 0.125 e. The number of nitrogens with zero attached hydrogens (tertiary/aromatic N) is 2. The van der Waals surface area contributed by atoms with Gasteiger partial charge in [-0.1, -0.05) is 11.6 Å². The molecule has 0 saturated carbocycles. The second-order valence-electron chi connectivity index (χ2n) is 4.05. The maximum Gasteiger partial charge on any atom is 0.125 e. The molecule has 0 bridgehead atoms. The lowest BCUT2D eigenvalue weighted by atomic mass is 10.1. The molecule has 0 saturated heterocycles. The van der Waals surface area contributed by atoms with Crippen LogP contribution in [-0.2, 0) is 13.6 Å². The van der Waals surface area contributed by atoms with Crippen LogP contribution in [0.15, 0.2) is 18.2 Å². The molecule has 1 N–H and O–H groups in total. The van der Waals surface area contributed by atoms with Gasteiger partial charge in [-0.2, -0.15) is 5.26 Å². The molecule has 0 aliphatic carbocycles. The molecule has 3 heteroatoms. The highest BCUT2D eigenvalue weighted by Gasteiger charge is 2.13. The Kier molecular flexibility index (Phi) is 2.67. The molecule has 2 rings (SSSR count). The molecular formula is C13H15N3. The largest absolute Gasteiger partial charge is 0.335 e. The fourth-order valence-corrected chi connectivity index (χ4v) is 2.13. The molecule has 16 heavy (non-hydrogen) atoms. The van der Waals surface area contributed by atoms with Crippen molar-refractivity contribution in [1.82, 2.24) is 9.88 Å². The van der Waals surface area contributed by atoms with Gasteiger partial charge in [0.1, 0.15) is 11.8 Å². The number of nitriles is 1. The van der Waals surface area contributed by atoms with Crippen molar-refractivity contribution in [2.75, 3.05) is 7.05 Å². The second-order valence-corrected chi connectivity index (χ2v) is 4.05. The van der Waals surface area contributed by atoms with E-state index in [9.17, 15) is 5.26 Å². The van der Waals surface area contributed by atoms with E-state index in [-0.39, 0.29) is 0 Å². The molecule has 2 aromatic rings. The van der Waals surface area contributed by atoms with E-state index >= 15 is 0 Å². The lowest BCUT2D eigenvalue weighted by molar-refractivity contribution is 0.810. The minimum atomic E-state index is 0.726. The molecule has 0 amide bonds. The Bertz CT molecular complexity index is 573. The van der Waals surface area contributed by atoms with Gasteiger partial charge in [0.2, 0.25) is 0 Å². The molecule has 0 atom stereocenters. The van der Waals surface area contributed by atoms with Crippen LogP contribution in [0, 0.1) is 18.3 Å². The Morgan fingerprint density at radius 3 is 2.81 bits per heavy atom. The van der Waals surface area contributed by atoms with Crippen molar-refractivity contribution in [2.45, 2.75) is 13.5 Å². The summed E-state index contributed by atoms with van der Waals surface area (Å²) < 4.78 is 1.96. The van der Waals surface area contributed by atoms with Crippen LogP contribution in [0.3, 0.4) is 0 Å². The van der Waals surface area contributed by atoms with E-state index in [1.54, 1.807) is 0 Å². The van der Waals surface area contributed by atoms with Gasteiger partial charge >= 0.3 is 0 Å². The van der Waals surface area contributed by atoms with Gasteiger partial charge in [0.05, 0.1) is 0 Å². The maximum absolute atomic E-state index is 9.20. The van der Waals surface area contributed by atoms with Crippen molar-refractivity contribution in [1.29, 1.82) is 5.26 Å². The molecule has 0 radical (unpaired) electrons. The third-order valence-corrected chi connectivity index (χ3v) is 2.92. The van der Waals surface area contributed by atoms with E-state index in [4.69, 9.17) is 0 Å². The lowest BCUT2D eigenvalue weighted by Crippen LogP contribution is -2.06. The number of fused-ring (bicyclic) bond motifs is 1. The topological polar surface area (TPSA) is 40.8 Å². The van der Waals surface area contributed by atoms with Crippen LogP contribution in [0.25, 0.3) is 10.9 Å². The lowest BCUT2D eigenvalue weighted by Gasteiger charge is -1.99. The number of rotatable bonds is 2. The summed E-state index contributed by atoms with van der Waals surface area (Å²) in [4.78, 5) is 0. The number of nitrogens with one attached hydrogen (secondary N) is 1. The van der Waals surface area contributed by atoms with Crippen molar-refractivity contribution in [3.8, 4) is 6.07 Å². The number of hydrogen-bond acceptors (Lipinski definition) is 2. The average Bonchev–Trinajstić information content (AvgIpc) is 2.52. The molecule has 3 nitrogen and oxygen atoms in total. The SMILES string of the molecule is CNCc1c(C#N)n(C)c2ccc(C)cc12. The van der Waals surface area contributed by atoms with Crippen molar-refractivity contribution >= 4 is 10.9 Å². The van der Waals surface area contributed by atoms with Crippen LogP contribution in [0.5, 0.6) is 0 Å². The Balaban J connectivity index is 2.82. The quantitative estimate of drug-likeness (QED) is 0.829. The summed E-state index contributed by atoms with van der Waals surface area (Å²) in [5, 5.41) is 13.5. The Morgan fingerprint density at radius 1 is 1.44 bits per heavy atom. The summed E-state index contributed by atoms with van der Waals surface area (Å²) in [6.45, 7) is 2.80. The Morgan fingerprint density at radius 2 is 2.19 bits per heavy atom. The van der Waals surface area contributed by atoms with E-state index in [1.807, 2.05) is 18.7 Å². The van der Waals surface area contributed by atoms with E-state index < -0.39 is 0 Å². The van der Waals surface area contributed by atoms with E-state index in [0.29, 0.717) is 0 Å². The van der Waals surface area contributed by atoms with Crippen molar-refractivity contribution in [2.24, 2.45) is 7.05 Å². The number of benzene rings is 1. The first-order valence-corrected chi connectivity index (χ1v) is 5.31. The molecular weight excluding hydrogens is 198 g/mol. The first-order chi connectivity index (χ1) is 7.69. The zero-order chi connectivity index (χ0) is 11.7. The predicted octanol–water partition coefficient (Wildman–Crippen LogP) is 2.08. The van der Waals surface area contributed by atoms with Gasteiger partial charge in [-0.05, 0) is 26.1 Å². The average molecular weight is 213 g/mol. The molecule has 0 aliphatic heterocycles. The van der Waals surface area contributed by atoms with Gasteiger partial charge < -0.3 is 9.88 Å². The molecule has 82 valence electrons. The van der Waals surface area contributed by atoms with E-state index in [1.165, 1.54) is 10.9 Å². The highest BCUT2D eigenvalue weighted by atomic mass is 15.0. The fraction of sp³-hybridized carbons (Fsp3) is 0.308. The van der Waals surface area contributed by atoms with Crippen LogP contribution < -0.4 is 5.32 Å². The van der Waals surface area contributed by atoms with Gasteiger partial charge in [0.25, 0.3) is 0 Å². The second kappa shape index (κ2) is 3.99. The molecule has 1 aromatic heterocycles. The monoisotopic (exact) mass is 213 g/mol. The molecule has 0 unspecified atom stereocenters. The van der Waals surface area contributed by atoms with Crippen molar-refractivity contribution in [3.63, 3.8) is 0 Å². The van der Waals surface area contributed by atoms with Crippen LogP contribution in [0.4, 0.5) is 0 Å². The zero-order valence-corrected chi connectivity index (χ0v) is 9.83. The highest BCUT2D eigenvalue weighted by molar-refractivity contribution is 5.87. The number of hydrogen-bond donors (Lipinski definition) is 1. The van der Waals surface area contributed by atoms with Crippen molar-refractivity contribution < 1.29 is 0 Å². The van der Waals surface area contributed by atoms with Gasteiger partial charge in [0, 0.05) is 30.1 Å². The first-order valence-electron chi connectivity index (χ1n) is 5.31. The number of aryl methyl sites for hydroxylation is 2. The van der Waals surface area contributed by atoms with Gasteiger partial charge in [-0.15, -0.1) is 0 Å². The standard InChI is InChI=1S/C13H15N3/c1-9-4-5-12-10(6-9)11(8-15-2)13(7-14)16(12)3/h4-6,15H,8H2,1-3H3. The molecule has 1 heterocycles. The molecule has 0 spiro atoms. The fourth-order valence-electron chi connectivity index (χ4n) is 2.13. The van der Waals surface area contributed by atoms with Crippen LogP contribution in [0.2, 0.25) is 0 Å². The van der Waals surface area contributed by atoms with Crippen LogP contribution in [-0.4, -0.2) is 11.6 Å². The van der Waals surface area contributed by atoms with E-state index in [0.717, 1.165) is 23.3 Å². The van der Waals surface area contributed by atoms with Crippen LogP contribution >= 0.6 is 0 Å². The summed E-state index contributed by atoms with van der Waals surface area (Å²) >= 11 is 0.